The van der Waals surface area contributed by atoms with Crippen LogP contribution in [0.4, 0.5) is 9.93 Å². The number of hydrogen-bond donors (Lipinski definition) is 2. The monoisotopic (exact) mass is 329 g/mol. The molecule has 1 aromatic heterocycles. The van der Waals surface area contributed by atoms with Gasteiger partial charge in [-0.25, -0.2) is 9.78 Å². The summed E-state index contributed by atoms with van der Waals surface area (Å²) in [5.41, 5.74) is 0.0617. The van der Waals surface area contributed by atoms with Gasteiger partial charge in [-0.15, -0.1) is 11.3 Å². The summed E-state index contributed by atoms with van der Waals surface area (Å²) in [4.78, 5) is 26.1. The molecule has 2 N–H and O–H groups in total. The van der Waals surface area contributed by atoms with Gasteiger partial charge in [-0.2, -0.15) is 0 Å². The van der Waals surface area contributed by atoms with Gasteiger partial charge in [0.1, 0.15) is 12.3 Å². The molecule has 6 nitrogen and oxygen atoms in total. The molecular weight excluding hydrogens is 325 g/mol. The average molecular weight is 331 g/mol. The topological polar surface area (TPSA) is 92.1 Å². The average Bonchev–Trinajstić information content (AvgIpc) is 2.73. The van der Waals surface area contributed by atoms with Crippen LogP contribution in [-0.4, -0.2) is 33.5 Å². The summed E-state index contributed by atoms with van der Waals surface area (Å²) in [6, 6.07) is 0. The Hall–Kier alpha value is -0.890. The molecule has 0 unspecified atom stereocenters. The van der Waals surface area contributed by atoms with Crippen molar-refractivity contribution in [2.75, 3.05) is 11.9 Å². The Labute approximate surface area is 121 Å². The quantitative estimate of drug-likeness (QED) is 0.504. The zero-order chi connectivity index (χ0) is 13.8. The van der Waals surface area contributed by atoms with Crippen LogP contribution < -0.4 is 5.32 Å². The minimum atomic E-state index is -1.69. The number of rotatable bonds is 4. The van der Waals surface area contributed by atoms with E-state index in [2.05, 4.69) is 15.0 Å². The second kappa shape index (κ2) is 6.33. The molecule has 18 heavy (non-hydrogen) atoms. The maximum Gasteiger partial charge on any atom is 0.413 e. The van der Waals surface area contributed by atoms with Gasteiger partial charge in [0.15, 0.2) is 5.13 Å². The maximum absolute atomic E-state index is 11.2. The fraction of sp³-hybridized carbons (Fsp3) is 0.250. The molecule has 0 radical (unpaired) electrons. The van der Waals surface area contributed by atoms with Crippen LogP contribution >= 0.6 is 46.1 Å². The first-order chi connectivity index (χ1) is 8.31. The standard InChI is InChI=1S/C8H6Cl3N3O3S/c9-8(10,11)3-17-7(16)14-6-13-4(2-18-6)5(15)1-12/h1-2,12H,3H2,(H,13,14,16). The van der Waals surface area contributed by atoms with E-state index in [9.17, 15) is 9.59 Å². The number of anilines is 1. The molecule has 1 aromatic rings. The number of aromatic nitrogens is 1. The normalized spacial score (nSPS) is 10.8. The van der Waals surface area contributed by atoms with Crippen LogP contribution in [0, 0.1) is 5.41 Å². The number of thiazole rings is 1. The number of nitrogens with one attached hydrogen (secondary N) is 2. The molecule has 1 amide bonds. The Bertz CT molecular complexity index is 472. The Balaban J connectivity index is 2.52. The third kappa shape index (κ3) is 5.18. The summed E-state index contributed by atoms with van der Waals surface area (Å²) < 4.78 is 2.90. The highest BCUT2D eigenvalue weighted by Gasteiger charge is 2.22. The summed E-state index contributed by atoms with van der Waals surface area (Å²) in [5.74, 6) is -0.561. The first kappa shape index (κ1) is 15.2. The SMILES string of the molecule is N=CC(=O)c1csc(NC(=O)OCC(Cl)(Cl)Cl)n1. The first-order valence-electron chi connectivity index (χ1n) is 4.32. The molecule has 0 bridgehead atoms. The number of Topliss-reactive ketones (excluding diaryl/α,β-unsaturated/α-hetero) is 1. The zero-order valence-corrected chi connectivity index (χ0v) is 11.7. The van der Waals surface area contributed by atoms with E-state index in [0.717, 1.165) is 11.3 Å². The molecule has 1 heterocycles. The molecule has 0 saturated heterocycles. The summed E-state index contributed by atoms with van der Waals surface area (Å²) in [6.07, 6.45) is -0.232. The Kier molecular flexibility index (Phi) is 5.33. The van der Waals surface area contributed by atoms with E-state index in [1.165, 1.54) is 5.38 Å². The van der Waals surface area contributed by atoms with Gasteiger partial charge in [-0.3, -0.25) is 10.1 Å². The van der Waals surface area contributed by atoms with E-state index >= 15 is 0 Å². The van der Waals surface area contributed by atoms with Gasteiger partial charge in [0.25, 0.3) is 0 Å². The van der Waals surface area contributed by atoms with Gasteiger partial charge in [0.2, 0.25) is 9.58 Å². The van der Waals surface area contributed by atoms with Gasteiger partial charge >= 0.3 is 6.09 Å². The van der Waals surface area contributed by atoms with Gasteiger partial charge < -0.3 is 10.1 Å². The van der Waals surface area contributed by atoms with Gasteiger partial charge in [-0.05, 0) is 0 Å². The van der Waals surface area contributed by atoms with Crippen molar-refractivity contribution in [3.8, 4) is 0 Å². The lowest BCUT2D eigenvalue weighted by atomic mass is 10.3. The van der Waals surface area contributed by atoms with Crippen molar-refractivity contribution in [2.24, 2.45) is 0 Å². The predicted molar refractivity (Wildman–Crippen MR) is 70.5 cm³/mol. The number of halogens is 3. The number of hydrogen-bond acceptors (Lipinski definition) is 6. The molecule has 0 spiro atoms. The Morgan fingerprint density at radius 1 is 1.56 bits per heavy atom. The summed E-state index contributed by atoms with van der Waals surface area (Å²) in [7, 11) is 0. The molecule has 1 rings (SSSR count). The predicted octanol–water partition coefficient (Wildman–Crippen LogP) is 2.89. The molecule has 0 aromatic carbocycles. The molecule has 98 valence electrons. The second-order valence-corrected chi connectivity index (χ2v) is 6.24. The minimum absolute atomic E-state index is 0.0617. The minimum Gasteiger partial charge on any atom is -0.445 e. The third-order valence-corrected chi connectivity index (χ3v) is 2.55. The van der Waals surface area contributed by atoms with E-state index < -0.39 is 22.3 Å². The number of ketones is 1. The van der Waals surface area contributed by atoms with E-state index in [-0.39, 0.29) is 10.8 Å². The fourth-order valence-corrected chi connectivity index (χ4v) is 1.64. The lowest BCUT2D eigenvalue weighted by Gasteiger charge is -2.10. The smallest absolute Gasteiger partial charge is 0.413 e. The molecule has 0 aliphatic rings. The van der Waals surface area contributed by atoms with E-state index in [4.69, 9.17) is 40.2 Å². The van der Waals surface area contributed by atoms with Crippen molar-refractivity contribution in [3.63, 3.8) is 0 Å². The first-order valence-corrected chi connectivity index (χ1v) is 6.34. The molecule has 10 heteroatoms. The van der Waals surface area contributed by atoms with Crippen molar-refractivity contribution in [1.29, 1.82) is 5.41 Å². The summed E-state index contributed by atoms with van der Waals surface area (Å²) in [6.45, 7) is -0.416. The van der Waals surface area contributed by atoms with E-state index in [1.807, 2.05) is 0 Å². The molecular formula is C8H6Cl3N3O3S. The number of alkyl halides is 3. The van der Waals surface area contributed by atoms with Crippen molar-refractivity contribution < 1.29 is 14.3 Å². The van der Waals surface area contributed by atoms with E-state index in [0.29, 0.717) is 6.21 Å². The lowest BCUT2D eigenvalue weighted by molar-refractivity contribution is 0.106. The Morgan fingerprint density at radius 3 is 2.78 bits per heavy atom. The maximum atomic E-state index is 11.2. The van der Waals surface area contributed by atoms with Crippen LogP contribution in [0.25, 0.3) is 0 Å². The van der Waals surface area contributed by atoms with Crippen LogP contribution in [0.3, 0.4) is 0 Å². The molecule has 0 atom stereocenters. The number of ether oxygens (including phenoxy) is 1. The van der Waals surface area contributed by atoms with Crippen LogP contribution in [0.1, 0.15) is 10.5 Å². The Morgan fingerprint density at radius 2 is 2.22 bits per heavy atom. The number of nitrogens with zero attached hydrogens (tertiary/aromatic N) is 1. The van der Waals surface area contributed by atoms with Crippen molar-refractivity contribution in [2.45, 2.75) is 3.79 Å². The molecule has 0 saturated carbocycles. The number of carbonyl (C=O) groups is 2. The lowest BCUT2D eigenvalue weighted by Crippen LogP contribution is -2.21. The third-order valence-electron chi connectivity index (χ3n) is 1.46. The van der Waals surface area contributed by atoms with Crippen LogP contribution in [0.5, 0.6) is 0 Å². The van der Waals surface area contributed by atoms with Crippen molar-refractivity contribution in [1.82, 2.24) is 4.98 Å². The number of amides is 1. The van der Waals surface area contributed by atoms with Crippen LogP contribution in [0.15, 0.2) is 5.38 Å². The summed E-state index contributed by atoms with van der Waals surface area (Å²) in [5, 5.41) is 10.6. The van der Waals surface area contributed by atoms with Gasteiger partial charge in [-0.1, -0.05) is 34.8 Å². The zero-order valence-electron chi connectivity index (χ0n) is 8.58. The van der Waals surface area contributed by atoms with Gasteiger partial charge in [0, 0.05) is 5.38 Å². The highest BCUT2D eigenvalue weighted by Crippen LogP contribution is 2.26. The van der Waals surface area contributed by atoms with Crippen molar-refractivity contribution in [3.05, 3.63) is 11.1 Å². The van der Waals surface area contributed by atoms with Crippen LogP contribution in [0.2, 0.25) is 0 Å². The highest BCUT2D eigenvalue weighted by molar-refractivity contribution is 7.14. The molecule has 0 fully saturated rings. The van der Waals surface area contributed by atoms with Crippen molar-refractivity contribution >= 4 is 69.4 Å². The molecule has 0 aliphatic heterocycles. The second-order valence-electron chi connectivity index (χ2n) is 2.86. The fourth-order valence-electron chi connectivity index (χ4n) is 0.789. The number of carbonyl (C=O) groups excluding carboxylic acids is 2. The highest BCUT2D eigenvalue weighted by atomic mass is 35.6. The largest absolute Gasteiger partial charge is 0.445 e. The van der Waals surface area contributed by atoms with Crippen LogP contribution in [-0.2, 0) is 4.74 Å². The van der Waals surface area contributed by atoms with E-state index in [1.54, 1.807) is 0 Å². The van der Waals surface area contributed by atoms with Gasteiger partial charge in [0.05, 0.1) is 6.21 Å². The molecule has 0 aliphatic carbocycles. The summed E-state index contributed by atoms with van der Waals surface area (Å²) >= 11 is 17.2.